The van der Waals surface area contributed by atoms with Gasteiger partial charge in [0.1, 0.15) is 0 Å². The summed E-state index contributed by atoms with van der Waals surface area (Å²) in [5, 5.41) is 0. The van der Waals surface area contributed by atoms with Gasteiger partial charge in [0.2, 0.25) is 0 Å². The molecular weight excluding hydrogens is 140 g/mol. The molecule has 0 aliphatic carbocycles. The number of hydrogen-bond acceptors (Lipinski definition) is 3. The van der Waals surface area contributed by atoms with Crippen molar-refractivity contribution in [3.05, 3.63) is 9.81 Å². The van der Waals surface area contributed by atoms with Gasteiger partial charge in [-0.1, -0.05) is 0 Å². The zero-order valence-electron chi connectivity index (χ0n) is 4.47. The molecule has 0 amide bonds. The monoisotopic (exact) mass is 146 g/mol. The highest BCUT2D eigenvalue weighted by Crippen LogP contribution is 2.29. The van der Waals surface area contributed by atoms with Gasteiger partial charge in [-0.2, -0.15) is 0 Å². The van der Waals surface area contributed by atoms with Crippen molar-refractivity contribution >= 4 is 30.2 Å². The summed E-state index contributed by atoms with van der Waals surface area (Å²) in [6.07, 6.45) is 0. The molecule has 0 atom stereocenters. The molecule has 3 heteroatoms. The standard InChI is InChI=1S/C5H6OS2/c1-3-5(7)4(6)2-8-3/h7H,2H2,1H3. The first-order chi connectivity index (χ1) is 3.72. The average Bonchev–Trinajstić information content (AvgIpc) is 1.98. The van der Waals surface area contributed by atoms with Crippen LogP contribution >= 0.6 is 24.4 Å². The zero-order valence-corrected chi connectivity index (χ0v) is 6.18. The summed E-state index contributed by atoms with van der Waals surface area (Å²) in [5.41, 5.74) is 0. The second-order valence-corrected chi connectivity index (χ2v) is 3.25. The van der Waals surface area contributed by atoms with E-state index in [9.17, 15) is 4.79 Å². The van der Waals surface area contributed by atoms with Crippen molar-refractivity contribution in [1.82, 2.24) is 0 Å². The highest BCUT2D eigenvalue weighted by Gasteiger charge is 2.16. The number of thioether (sulfide) groups is 1. The van der Waals surface area contributed by atoms with E-state index in [-0.39, 0.29) is 5.78 Å². The van der Waals surface area contributed by atoms with Gasteiger partial charge in [-0.05, 0) is 11.8 Å². The largest absolute Gasteiger partial charge is 0.293 e. The van der Waals surface area contributed by atoms with Crippen molar-refractivity contribution in [3.8, 4) is 0 Å². The van der Waals surface area contributed by atoms with Crippen LogP contribution in [0.1, 0.15) is 6.92 Å². The first kappa shape index (κ1) is 6.23. The van der Waals surface area contributed by atoms with Crippen LogP contribution in [-0.2, 0) is 4.79 Å². The van der Waals surface area contributed by atoms with E-state index in [1.807, 2.05) is 6.92 Å². The van der Waals surface area contributed by atoms with Crippen LogP contribution in [0.3, 0.4) is 0 Å². The number of carbonyl (C=O) groups excluding carboxylic acids is 1. The molecule has 0 fully saturated rings. The Balaban J connectivity index is 2.86. The smallest absolute Gasteiger partial charge is 0.179 e. The van der Waals surface area contributed by atoms with Crippen molar-refractivity contribution in [2.75, 3.05) is 5.75 Å². The molecule has 0 unspecified atom stereocenters. The Bertz CT molecular complexity index is 160. The molecule has 0 radical (unpaired) electrons. The summed E-state index contributed by atoms with van der Waals surface area (Å²) in [6, 6.07) is 0. The Hall–Kier alpha value is 0.110. The Morgan fingerprint density at radius 3 is 2.50 bits per heavy atom. The Kier molecular flexibility index (Phi) is 1.68. The van der Waals surface area contributed by atoms with Crippen LogP contribution in [-0.4, -0.2) is 11.5 Å². The molecule has 0 saturated carbocycles. The minimum atomic E-state index is 0.163. The maximum Gasteiger partial charge on any atom is 0.179 e. The van der Waals surface area contributed by atoms with E-state index < -0.39 is 0 Å². The van der Waals surface area contributed by atoms with Crippen molar-refractivity contribution < 1.29 is 4.79 Å². The van der Waals surface area contributed by atoms with E-state index in [1.165, 1.54) is 0 Å². The van der Waals surface area contributed by atoms with Crippen molar-refractivity contribution in [1.29, 1.82) is 0 Å². The third-order valence-corrected chi connectivity index (χ3v) is 2.80. The Morgan fingerprint density at radius 1 is 1.75 bits per heavy atom. The van der Waals surface area contributed by atoms with Gasteiger partial charge < -0.3 is 0 Å². The first-order valence-electron chi connectivity index (χ1n) is 2.27. The van der Waals surface area contributed by atoms with E-state index >= 15 is 0 Å². The molecule has 1 heterocycles. The quantitative estimate of drug-likeness (QED) is 0.521. The molecule has 8 heavy (non-hydrogen) atoms. The topological polar surface area (TPSA) is 17.1 Å². The lowest BCUT2D eigenvalue weighted by Crippen LogP contribution is -1.92. The number of thiol groups is 1. The second-order valence-electron chi connectivity index (χ2n) is 1.62. The molecule has 0 aromatic rings. The SMILES string of the molecule is CC1=C(S)C(=O)CS1. The van der Waals surface area contributed by atoms with Gasteiger partial charge in [-0.25, -0.2) is 0 Å². The Labute approximate surface area is 57.9 Å². The molecule has 1 aliphatic heterocycles. The molecule has 0 aromatic carbocycles. The Morgan fingerprint density at radius 2 is 2.38 bits per heavy atom. The van der Waals surface area contributed by atoms with Gasteiger partial charge >= 0.3 is 0 Å². The summed E-state index contributed by atoms with van der Waals surface area (Å²) in [4.78, 5) is 12.3. The van der Waals surface area contributed by atoms with E-state index in [4.69, 9.17) is 0 Å². The van der Waals surface area contributed by atoms with Crippen molar-refractivity contribution in [2.24, 2.45) is 0 Å². The maximum atomic E-state index is 10.6. The molecule has 0 saturated heterocycles. The van der Waals surface area contributed by atoms with Crippen LogP contribution in [0.2, 0.25) is 0 Å². The molecule has 1 nitrogen and oxygen atoms in total. The van der Waals surface area contributed by atoms with Crippen LogP contribution in [0.15, 0.2) is 9.81 Å². The molecule has 0 spiro atoms. The summed E-state index contributed by atoms with van der Waals surface area (Å²) in [6.45, 7) is 1.91. The molecule has 1 aliphatic rings. The van der Waals surface area contributed by atoms with Gasteiger partial charge in [-0.3, -0.25) is 4.79 Å². The van der Waals surface area contributed by atoms with E-state index in [1.54, 1.807) is 11.8 Å². The minimum Gasteiger partial charge on any atom is -0.293 e. The molecule has 44 valence electrons. The van der Waals surface area contributed by atoms with Crippen molar-refractivity contribution in [3.63, 3.8) is 0 Å². The summed E-state index contributed by atoms with van der Waals surface area (Å²) in [5.74, 6) is 0.751. The van der Waals surface area contributed by atoms with Crippen LogP contribution in [0.4, 0.5) is 0 Å². The summed E-state index contributed by atoms with van der Waals surface area (Å²) < 4.78 is 0. The number of carbonyl (C=O) groups is 1. The number of hydrogen-bond donors (Lipinski definition) is 1. The highest BCUT2D eigenvalue weighted by molar-refractivity contribution is 8.05. The molecular formula is C5H6OS2. The third kappa shape index (κ3) is 0.928. The lowest BCUT2D eigenvalue weighted by atomic mass is 10.4. The first-order valence-corrected chi connectivity index (χ1v) is 3.71. The molecule has 1 rings (SSSR count). The van der Waals surface area contributed by atoms with Crippen LogP contribution in [0.5, 0.6) is 0 Å². The molecule has 0 bridgehead atoms. The van der Waals surface area contributed by atoms with Gasteiger partial charge in [0.25, 0.3) is 0 Å². The lowest BCUT2D eigenvalue weighted by Gasteiger charge is -1.84. The van der Waals surface area contributed by atoms with Crippen LogP contribution < -0.4 is 0 Å². The third-order valence-electron chi connectivity index (χ3n) is 1.02. The maximum absolute atomic E-state index is 10.6. The molecule has 0 aromatic heterocycles. The normalized spacial score (nSPS) is 20.5. The van der Waals surface area contributed by atoms with Crippen molar-refractivity contribution in [2.45, 2.75) is 6.92 Å². The van der Waals surface area contributed by atoms with Crippen LogP contribution in [0.25, 0.3) is 0 Å². The summed E-state index contributed by atoms with van der Waals surface area (Å²) in [7, 11) is 0. The van der Waals surface area contributed by atoms with Gasteiger partial charge in [-0.15, -0.1) is 24.4 Å². The number of ketones is 1. The minimum absolute atomic E-state index is 0.163. The fourth-order valence-electron chi connectivity index (χ4n) is 0.507. The van der Waals surface area contributed by atoms with Gasteiger partial charge in [0, 0.05) is 0 Å². The fourth-order valence-corrected chi connectivity index (χ4v) is 1.63. The number of rotatable bonds is 0. The van der Waals surface area contributed by atoms with Crippen LogP contribution in [0, 0.1) is 0 Å². The fraction of sp³-hybridized carbons (Fsp3) is 0.400. The predicted molar refractivity (Wildman–Crippen MR) is 39.2 cm³/mol. The van der Waals surface area contributed by atoms with E-state index in [2.05, 4.69) is 12.6 Å². The molecule has 0 N–H and O–H groups in total. The van der Waals surface area contributed by atoms with Gasteiger partial charge in [0.05, 0.1) is 10.7 Å². The number of allylic oxidation sites excluding steroid dienone is 2. The number of Topliss-reactive ketones (excluding diaryl/α,β-unsaturated/α-hetero) is 1. The van der Waals surface area contributed by atoms with Gasteiger partial charge in [0.15, 0.2) is 5.78 Å². The van der Waals surface area contributed by atoms with E-state index in [0.717, 1.165) is 4.91 Å². The average molecular weight is 146 g/mol. The highest BCUT2D eigenvalue weighted by atomic mass is 32.2. The predicted octanol–water partition coefficient (Wildman–Crippen LogP) is 1.46. The summed E-state index contributed by atoms with van der Waals surface area (Å²) >= 11 is 5.56. The second kappa shape index (κ2) is 2.15. The van der Waals surface area contributed by atoms with E-state index in [0.29, 0.717) is 10.7 Å². The lowest BCUT2D eigenvalue weighted by molar-refractivity contribution is -0.112. The zero-order chi connectivity index (χ0) is 6.15.